The highest BCUT2D eigenvalue weighted by atomic mass is 35.5. The summed E-state index contributed by atoms with van der Waals surface area (Å²) in [6.45, 7) is -0.0511. The molecule has 2 aromatic carbocycles. The second-order valence-corrected chi connectivity index (χ2v) is 8.98. The second kappa shape index (κ2) is 10.4. The number of hydrogen-bond donors (Lipinski definition) is 3. The van der Waals surface area contributed by atoms with E-state index >= 15 is 0 Å². The fourth-order valence-corrected chi connectivity index (χ4v) is 4.00. The van der Waals surface area contributed by atoms with E-state index in [1.165, 1.54) is 18.4 Å². The zero-order valence-electron chi connectivity index (χ0n) is 18.3. The molecule has 1 heterocycles. The quantitative estimate of drug-likeness (QED) is 0.391. The van der Waals surface area contributed by atoms with E-state index in [4.69, 9.17) is 21.8 Å². The summed E-state index contributed by atoms with van der Waals surface area (Å²) in [4.78, 5) is 28.6. The number of rotatable bonds is 10. The molecule has 2 atom stereocenters. The van der Waals surface area contributed by atoms with Gasteiger partial charge in [0.2, 0.25) is 0 Å². The van der Waals surface area contributed by atoms with E-state index < -0.39 is 23.8 Å². The van der Waals surface area contributed by atoms with Crippen molar-refractivity contribution < 1.29 is 23.5 Å². The number of carbonyl (C=O) groups is 2. The zero-order chi connectivity index (χ0) is 24.2. The maximum Gasteiger partial charge on any atom is 0.307 e. The molecule has 1 saturated carbocycles. The summed E-state index contributed by atoms with van der Waals surface area (Å²) in [6.07, 6.45) is 3.83. The van der Waals surface area contributed by atoms with Crippen LogP contribution in [0.4, 0.5) is 4.39 Å². The van der Waals surface area contributed by atoms with E-state index in [-0.39, 0.29) is 30.4 Å². The summed E-state index contributed by atoms with van der Waals surface area (Å²) in [6, 6.07) is 11.0. The van der Waals surface area contributed by atoms with Gasteiger partial charge in [0, 0.05) is 29.1 Å². The molecule has 34 heavy (non-hydrogen) atoms. The van der Waals surface area contributed by atoms with E-state index in [1.807, 2.05) is 12.1 Å². The lowest BCUT2D eigenvalue weighted by Gasteiger charge is -2.21. The average molecular weight is 486 g/mol. The number of nitrogens with zero attached hydrogens (tertiary/aromatic N) is 1. The van der Waals surface area contributed by atoms with Crippen LogP contribution in [0.3, 0.4) is 0 Å². The summed E-state index contributed by atoms with van der Waals surface area (Å²) in [5.74, 6) is -1.83. The van der Waals surface area contributed by atoms with Crippen LogP contribution in [0.1, 0.15) is 47.1 Å². The number of aromatic nitrogens is 1. The first-order chi connectivity index (χ1) is 16.3. The van der Waals surface area contributed by atoms with Crippen LogP contribution < -0.4 is 11.1 Å². The molecule has 0 radical (unpaired) electrons. The number of nitrogens with one attached hydrogen (secondary N) is 1. The van der Waals surface area contributed by atoms with Gasteiger partial charge in [0.1, 0.15) is 12.1 Å². The lowest BCUT2D eigenvalue weighted by molar-refractivity contribution is -0.141. The van der Waals surface area contributed by atoms with Crippen LogP contribution >= 0.6 is 11.6 Å². The highest BCUT2D eigenvalue weighted by molar-refractivity contribution is 6.30. The average Bonchev–Trinajstić information content (AvgIpc) is 3.55. The molecular weight excluding hydrogens is 461 g/mol. The minimum absolute atomic E-state index is 0.0511. The van der Waals surface area contributed by atoms with Crippen molar-refractivity contribution in [3.05, 3.63) is 76.7 Å². The van der Waals surface area contributed by atoms with Crippen LogP contribution in [0.15, 0.2) is 53.1 Å². The summed E-state index contributed by atoms with van der Waals surface area (Å²) in [5.41, 5.74) is 7.70. The van der Waals surface area contributed by atoms with E-state index in [0.717, 1.165) is 18.4 Å². The third-order valence-electron chi connectivity index (χ3n) is 5.89. The molecular formula is C25H25ClFN3O4. The molecule has 0 aliphatic heterocycles. The molecule has 4 rings (SSSR count). The Morgan fingerprint density at radius 2 is 1.97 bits per heavy atom. The Balaban J connectivity index is 1.50. The summed E-state index contributed by atoms with van der Waals surface area (Å²) >= 11 is 6.00. The number of oxazole rings is 1. The van der Waals surface area contributed by atoms with Crippen molar-refractivity contribution in [2.24, 2.45) is 11.7 Å². The van der Waals surface area contributed by atoms with Crippen molar-refractivity contribution in [2.75, 3.05) is 6.54 Å². The zero-order valence-corrected chi connectivity index (χ0v) is 19.1. The molecule has 0 unspecified atom stereocenters. The maximum atomic E-state index is 14.2. The maximum absolute atomic E-state index is 14.2. The van der Waals surface area contributed by atoms with Crippen molar-refractivity contribution in [2.45, 2.75) is 37.6 Å². The molecule has 178 valence electrons. The smallest absolute Gasteiger partial charge is 0.307 e. The van der Waals surface area contributed by atoms with Gasteiger partial charge in [0.25, 0.3) is 5.91 Å². The van der Waals surface area contributed by atoms with Crippen molar-refractivity contribution in [3.8, 4) is 11.1 Å². The Bertz CT molecular complexity index is 1180. The lowest BCUT2D eigenvalue weighted by Crippen LogP contribution is -2.40. The first-order valence-corrected chi connectivity index (χ1v) is 11.5. The van der Waals surface area contributed by atoms with Gasteiger partial charge in [-0.3, -0.25) is 9.59 Å². The van der Waals surface area contributed by atoms with Gasteiger partial charge in [-0.15, -0.1) is 0 Å². The van der Waals surface area contributed by atoms with Gasteiger partial charge in [0.05, 0.1) is 5.92 Å². The van der Waals surface area contributed by atoms with Gasteiger partial charge >= 0.3 is 5.97 Å². The van der Waals surface area contributed by atoms with Crippen LogP contribution in [-0.2, 0) is 11.2 Å². The molecule has 9 heteroatoms. The number of benzene rings is 2. The third kappa shape index (κ3) is 5.81. The van der Waals surface area contributed by atoms with Crippen LogP contribution in [0.25, 0.3) is 11.1 Å². The Labute approximate surface area is 201 Å². The van der Waals surface area contributed by atoms with Gasteiger partial charge in [-0.05, 0) is 55.0 Å². The van der Waals surface area contributed by atoms with Crippen molar-refractivity contribution >= 4 is 23.5 Å². The summed E-state index contributed by atoms with van der Waals surface area (Å²) in [5, 5.41) is 12.8. The van der Waals surface area contributed by atoms with Crippen molar-refractivity contribution in [3.63, 3.8) is 0 Å². The van der Waals surface area contributed by atoms with E-state index in [2.05, 4.69) is 10.3 Å². The standard InChI is InChI=1S/C25H25ClFN3O4/c26-18-7-8-21(27)20(11-18)15-3-1-14(2-4-15)9-19(10-17(12-28)25(32)33)29-23(31)22-13-34-24(30-22)16-5-6-16/h1-4,7-8,11,13,16-17,19H,5-6,9-10,12,28H2,(H,29,31)(H,32,33)/t17-,19+/m0/s1. The monoisotopic (exact) mass is 485 g/mol. The normalized spacial score (nSPS) is 15.0. The Morgan fingerprint density at radius 1 is 1.24 bits per heavy atom. The Hall–Kier alpha value is -3.23. The third-order valence-corrected chi connectivity index (χ3v) is 6.13. The molecule has 0 spiro atoms. The second-order valence-electron chi connectivity index (χ2n) is 8.55. The number of amides is 1. The first kappa shape index (κ1) is 23.9. The Kier molecular flexibility index (Phi) is 7.29. The molecule has 1 amide bonds. The number of carbonyl (C=O) groups excluding carboxylic acids is 1. The molecule has 7 nitrogen and oxygen atoms in total. The number of aliphatic carboxylic acids is 1. The van der Waals surface area contributed by atoms with Gasteiger partial charge in [0.15, 0.2) is 11.6 Å². The largest absolute Gasteiger partial charge is 0.481 e. The molecule has 1 aliphatic carbocycles. The number of carboxylic acid groups (broad SMARTS) is 1. The molecule has 3 aromatic rings. The van der Waals surface area contributed by atoms with Gasteiger partial charge in [-0.1, -0.05) is 35.9 Å². The van der Waals surface area contributed by atoms with Crippen LogP contribution in [0, 0.1) is 11.7 Å². The topological polar surface area (TPSA) is 118 Å². The van der Waals surface area contributed by atoms with Gasteiger partial charge in [-0.2, -0.15) is 0 Å². The SMILES string of the molecule is NC[C@H](C[C@@H](Cc1ccc(-c2cc(Cl)ccc2F)cc1)NC(=O)c1coc(C2CC2)n1)C(=O)O. The fraction of sp³-hybridized carbons (Fsp3) is 0.320. The molecule has 1 aromatic heterocycles. The number of halogens is 2. The van der Waals surface area contributed by atoms with E-state index in [1.54, 1.807) is 18.2 Å². The molecule has 1 fully saturated rings. The lowest BCUT2D eigenvalue weighted by atomic mass is 9.94. The van der Waals surface area contributed by atoms with Crippen LogP contribution in [0.5, 0.6) is 0 Å². The van der Waals surface area contributed by atoms with E-state index in [9.17, 15) is 19.1 Å². The predicted octanol–water partition coefficient (Wildman–Crippen LogP) is 4.40. The van der Waals surface area contributed by atoms with Gasteiger partial charge < -0.3 is 20.6 Å². The first-order valence-electron chi connectivity index (χ1n) is 11.1. The molecule has 0 saturated heterocycles. The molecule has 0 bridgehead atoms. The minimum atomic E-state index is -1.02. The predicted molar refractivity (Wildman–Crippen MR) is 125 cm³/mol. The molecule has 1 aliphatic rings. The van der Waals surface area contributed by atoms with Crippen molar-refractivity contribution in [1.29, 1.82) is 0 Å². The highest BCUT2D eigenvalue weighted by Gasteiger charge is 2.30. The van der Waals surface area contributed by atoms with Crippen LogP contribution in [-0.4, -0.2) is 34.6 Å². The highest BCUT2D eigenvalue weighted by Crippen LogP contribution is 2.39. The molecule has 4 N–H and O–H groups in total. The minimum Gasteiger partial charge on any atom is -0.481 e. The Morgan fingerprint density at radius 3 is 2.62 bits per heavy atom. The van der Waals surface area contributed by atoms with Crippen LogP contribution in [0.2, 0.25) is 5.02 Å². The number of nitrogens with two attached hydrogens (primary N) is 1. The fourth-order valence-electron chi connectivity index (χ4n) is 3.83. The van der Waals surface area contributed by atoms with Gasteiger partial charge in [-0.25, -0.2) is 9.37 Å². The van der Waals surface area contributed by atoms with Crippen molar-refractivity contribution in [1.82, 2.24) is 10.3 Å². The number of hydrogen-bond acceptors (Lipinski definition) is 5. The summed E-state index contributed by atoms with van der Waals surface area (Å²) < 4.78 is 19.6. The van der Waals surface area contributed by atoms with E-state index in [0.29, 0.717) is 28.5 Å². The summed E-state index contributed by atoms with van der Waals surface area (Å²) in [7, 11) is 0. The number of carboxylic acids is 1.